The third kappa shape index (κ3) is 2.69. The number of rotatable bonds is 4. The third-order valence-corrected chi connectivity index (χ3v) is 5.63. The molecule has 0 radical (unpaired) electrons. The number of fused-ring (bicyclic) bond motifs is 2. The van der Waals surface area contributed by atoms with Crippen molar-refractivity contribution in [3.63, 3.8) is 0 Å². The minimum Gasteiger partial charge on any atom is -0.374 e. The molecule has 0 amide bonds. The van der Waals surface area contributed by atoms with E-state index in [0.717, 1.165) is 28.0 Å². The van der Waals surface area contributed by atoms with Gasteiger partial charge in [0.05, 0.1) is 17.4 Å². The van der Waals surface area contributed by atoms with Gasteiger partial charge in [-0.1, -0.05) is 20.8 Å². The molecule has 3 N–H and O–H groups in total. The molecule has 6 nitrogen and oxygen atoms in total. The Kier molecular flexibility index (Phi) is 4.17. The Labute approximate surface area is 158 Å². The van der Waals surface area contributed by atoms with Crippen LogP contribution in [0.4, 0.5) is 4.39 Å². The van der Waals surface area contributed by atoms with Crippen molar-refractivity contribution in [2.75, 3.05) is 7.05 Å². The molecule has 2 unspecified atom stereocenters. The van der Waals surface area contributed by atoms with Gasteiger partial charge in [0.1, 0.15) is 17.8 Å². The molecule has 0 bridgehead atoms. The molecule has 1 aromatic heterocycles. The largest absolute Gasteiger partial charge is 0.374 e. The van der Waals surface area contributed by atoms with Gasteiger partial charge in [0.15, 0.2) is 0 Å². The van der Waals surface area contributed by atoms with Crippen molar-refractivity contribution >= 4 is 22.8 Å². The molecule has 142 valence electrons. The van der Waals surface area contributed by atoms with Crippen LogP contribution in [0.25, 0.3) is 16.6 Å². The molecule has 0 aliphatic carbocycles. The molecular formula is C20H25FN6. The van der Waals surface area contributed by atoms with Crippen LogP contribution in [0, 0.1) is 18.7 Å². The van der Waals surface area contributed by atoms with Crippen molar-refractivity contribution in [2.24, 2.45) is 10.9 Å². The molecule has 27 heavy (non-hydrogen) atoms. The predicted octanol–water partition coefficient (Wildman–Crippen LogP) is 3.40. The third-order valence-electron chi connectivity index (χ3n) is 5.63. The lowest BCUT2D eigenvalue weighted by Crippen LogP contribution is -2.37. The summed E-state index contributed by atoms with van der Waals surface area (Å²) in [6.45, 7) is 8.10. The number of hydrogen-bond acceptors (Lipinski definition) is 5. The van der Waals surface area contributed by atoms with E-state index in [1.54, 1.807) is 6.20 Å². The first-order valence-corrected chi connectivity index (χ1v) is 9.27. The van der Waals surface area contributed by atoms with Crippen LogP contribution in [0.1, 0.15) is 43.4 Å². The first kappa shape index (κ1) is 17.6. The van der Waals surface area contributed by atoms with Gasteiger partial charge in [0.2, 0.25) is 0 Å². The number of nitrogens with one attached hydrogen (secondary N) is 3. The minimum atomic E-state index is -0.174. The van der Waals surface area contributed by atoms with E-state index < -0.39 is 0 Å². The molecule has 4 rings (SSSR count). The van der Waals surface area contributed by atoms with Crippen molar-refractivity contribution < 1.29 is 4.39 Å². The Morgan fingerprint density at radius 3 is 2.74 bits per heavy atom. The molecule has 7 heteroatoms. The van der Waals surface area contributed by atoms with E-state index in [9.17, 15) is 0 Å². The Hall–Kier alpha value is -2.83. The van der Waals surface area contributed by atoms with E-state index in [4.69, 9.17) is 0 Å². The fraction of sp³-hybridized carbons (Fsp3) is 0.400. The standard InChI is InChI=1S/C20H25FN6/c1-10(2)11(3)18-19(21)12(4)17(13-6-24-26-20(13)18)14-8-27-9-15(22-5)25-16(27)7-23-14/h6-11,16,22,25H,1-5H3,(H,24,26). The second-order valence-electron chi connectivity index (χ2n) is 7.54. The van der Waals surface area contributed by atoms with E-state index in [2.05, 4.69) is 46.6 Å². The average Bonchev–Trinajstić information content (AvgIpc) is 3.28. The van der Waals surface area contributed by atoms with Crippen LogP contribution in [0.5, 0.6) is 0 Å². The van der Waals surface area contributed by atoms with Crippen molar-refractivity contribution in [1.82, 2.24) is 25.7 Å². The van der Waals surface area contributed by atoms with E-state index in [1.165, 1.54) is 0 Å². The number of halogens is 1. The Balaban J connectivity index is 1.88. The van der Waals surface area contributed by atoms with Gasteiger partial charge in [0, 0.05) is 42.2 Å². The number of nitrogens with zero attached hydrogens (tertiary/aromatic N) is 3. The van der Waals surface area contributed by atoms with Crippen LogP contribution in [-0.2, 0) is 0 Å². The summed E-state index contributed by atoms with van der Waals surface area (Å²) in [5.41, 5.74) is 3.60. The predicted molar refractivity (Wildman–Crippen MR) is 106 cm³/mol. The summed E-state index contributed by atoms with van der Waals surface area (Å²) in [6, 6.07) is 0. The van der Waals surface area contributed by atoms with Gasteiger partial charge in [-0.25, -0.2) is 4.39 Å². The van der Waals surface area contributed by atoms with Gasteiger partial charge in [-0.15, -0.1) is 0 Å². The molecular weight excluding hydrogens is 343 g/mol. The monoisotopic (exact) mass is 368 g/mol. The second-order valence-corrected chi connectivity index (χ2v) is 7.54. The topological polar surface area (TPSA) is 68.3 Å². The molecule has 1 aromatic carbocycles. The minimum absolute atomic E-state index is 0.0265. The van der Waals surface area contributed by atoms with Gasteiger partial charge in [0.25, 0.3) is 0 Å². The zero-order valence-corrected chi connectivity index (χ0v) is 16.3. The number of H-pyrrole nitrogens is 1. The van der Waals surface area contributed by atoms with E-state index in [-0.39, 0.29) is 17.9 Å². The summed E-state index contributed by atoms with van der Waals surface area (Å²) in [7, 11) is 1.86. The second kappa shape index (κ2) is 6.40. The molecule has 3 heterocycles. The van der Waals surface area contributed by atoms with Crippen LogP contribution in [-0.4, -0.2) is 34.5 Å². The van der Waals surface area contributed by atoms with Gasteiger partial charge >= 0.3 is 0 Å². The molecule has 2 aromatic rings. The van der Waals surface area contributed by atoms with Crippen molar-refractivity contribution in [3.05, 3.63) is 46.9 Å². The molecule has 0 spiro atoms. The van der Waals surface area contributed by atoms with Gasteiger partial charge in [-0.05, 0) is 24.3 Å². The summed E-state index contributed by atoms with van der Waals surface area (Å²) in [5, 5.41) is 14.5. The van der Waals surface area contributed by atoms with Crippen molar-refractivity contribution in [2.45, 2.75) is 39.8 Å². The van der Waals surface area contributed by atoms with Crippen LogP contribution in [0.15, 0.2) is 29.4 Å². The summed E-state index contributed by atoms with van der Waals surface area (Å²) < 4.78 is 15.4. The summed E-state index contributed by atoms with van der Waals surface area (Å²) in [5.74, 6) is 1.15. The molecule has 2 aliphatic heterocycles. The fourth-order valence-electron chi connectivity index (χ4n) is 3.72. The van der Waals surface area contributed by atoms with Crippen LogP contribution >= 0.6 is 0 Å². The van der Waals surface area contributed by atoms with Crippen LogP contribution < -0.4 is 10.6 Å². The Morgan fingerprint density at radius 2 is 2.04 bits per heavy atom. The van der Waals surface area contributed by atoms with E-state index in [1.807, 2.05) is 37.5 Å². The zero-order valence-electron chi connectivity index (χ0n) is 16.3. The lowest BCUT2D eigenvalue weighted by molar-refractivity contribution is 0.453. The van der Waals surface area contributed by atoms with Crippen molar-refractivity contribution in [3.8, 4) is 0 Å². The van der Waals surface area contributed by atoms with Gasteiger partial charge in [-0.2, -0.15) is 5.10 Å². The molecule has 2 aliphatic rings. The SMILES string of the molecule is CNC1=CN2C=C(c3c(C)c(F)c(C(C)C(C)C)c4[nH]ncc34)N=CC2N1. The number of aromatic nitrogens is 2. The lowest BCUT2D eigenvalue weighted by atomic mass is 9.85. The average molecular weight is 368 g/mol. The van der Waals surface area contributed by atoms with Crippen molar-refractivity contribution in [1.29, 1.82) is 0 Å². The van der Waals surface area contributed by atoms with E-state index in [0.29, 0.717) is 17.0 Å². The Bertz CT molecular complexity index is 984. The highest BCUT2D eigenvalue weighted by atomic mass is 19.1. The number of aromatic amines is 1. The maximum absolute atomic E-state index is 15.4. The highest BCUT2D eigenvalue weighted by molar-refractivity contribution is 5.97. The highest BCUT2D eigenvalue weighted by Crippen LogP contribution is 2.39. The first-order valence-electron chi connectivity index (χ1n) is 9.27. The van der Waals surface area contributed by atoms with Crippen LogP contribution in [0.2, 0.25) is 0 Å². The normalized spacial score (nSPS) is 19.8. The quantitative estimate of drug-likeness (QED) is 0.774. The number of benzene rings is 1. The lowest BCUT2D eigenvalue weighted by Gasteiger charge is -2.25. The van der Waals surface area contributed by atoms with Crippen LogP contribution in [0.3, 0.4) is 0 Å². The zero-order chi connectivity index (χ0) is 19.3. The van der Waals surface area contributed by atoms with E-state index >= 15 is 4.39 Å². The fourth-order valence-corrected chi connectivity index (χ4v) is 3.72. The highest BCUT2D eigenvalue weighted by Gasteiger charge is 2.28. The summed E-state index contributed by atoms with van der Waals surface area (Å²) in [6.07, 6.45) is 7.50. The maximum Gasteiger partial charge on any atom is 0.141 e. The number of aliphatic imine (C=N–C) groups is 1. The smallest absolute Gasteiger partial charge is 0.141 e. The summed E-state index contributed by atoms with van der Waals surface area (Å²) in [4.78, 5) is 6.64. The van der Waals surface area contributed by atoms with Gasteiger partial charge < -0.3 is 15.5 Å². The summed E-state index contributed by atoms with van der Waals surface area (Å²) >= 11 is 0. The molecule has 2 atom stereocenters. The maximum atomic E-state index is 15.4. The Morgan fingerprint density at radius 1 is 1.26 bits per heavy atom. The number of hydrogen-bond donors (Lipinski definition) is 3. The van der Waals surface area contributed by atoms with Gasteiger partial charge in [-0.3, -0.25) is 10.1 Å². The first-order chi connectivity index (χ1) is 12.9. The molecule has 0 saturated heterocycles. The molecule has 0 fully saturated rings. The molecule has 0 saturated carbocycles.